The molecule has 1 aromatic heterocycles. The molecule has 0 unspecified atom stereocenters. The standard InChI is InChI=1S/C21H23BF2N2O2/c1-12-17(10-27)14(3)25-20(12)19(16-8-6-5-7-9-16)21-13(2)18(11-28)15(4)26(21)22(25,23)24/h5-9,27-28H,10-11H2,1-4H3. The van der Waals surface area contributed by atoms with E-state index in [0.717, 1.165) is 14.5 Å². The quantitative estimate of drug-likeness (QED) is 0.798. The lowest BCUT2D eigenvalue weighted by Gasteiger charge is -2.34. The van der Waals surface area contributed by atoms with Crippen molar-refractivity contribution >= 4 is 18.3 Å². The van der Waals surface area contributed by atoms with Crippen molar-refractivity contribution in [2.24, 2.45) is 0 Å². The summed E-state index contributed by atoms with van der Waals surface area (Å²) in [7, 11) is 0. The van der Waals surface area contributed by atoms with E-state index in [1.807, 2.05) is 30.3 Å². The first-order valence-corrected chi connectivity index (χ1v) is 9.35. The molecule has 2 aromatic rings. The van der Waals surface area contributed by atoms with E-state index >= 15 is 8.63 Å². The fourth-order valence-corrected chi connectivity index (χ4v) is 4.78. The Bertz CT molecular complexity index is 1100. The van der Waals surface area contributed by atoms with E-state index in [2.05, 4.69) is 0 Å². The number of aliphatic hydroxyl groups excluding tert-OH is 2. The zero-order valence-corrected chi connectivity index (χ0v) is 16.4. The lowest BCUT2D eigenvalue weighted by atomic mass is 9.84. The van der Waals surface area contributed by atoms with Gasteiger partial charge >= 0.3 is 6.97 Å². The number of allylic oxidation sites excluding steroid dienone is 1. The topological polar surface area (TPSA) is 48.4 Å². The molecule has 0 radical (unpaired) electrons. The van der Waals surface area contributed by atoms with Gasteiger partial charge in [0.05, 0.1) is 18.8 Å². The lowest BCUT2D eigenvalue weighted by molar-refractivity contribution is -0.363. The van der Waals surface area contributed by atoms with Crippen molar-refractivity contribution in [2.75, 3.05) is 6.61 Å². The van der Waals surface area contributed by atoms with Gasteiger partial charge in [0, 0.05) is 23.8 Å². The SMILES string of the molecule is CC1=C(CO)C(C)=[N+]2C1=C(c1ccccc1)c1c(C)c(CO)c(C)n1[B-]2(F)F. The third-order valence-corrected chi connectivity index (χ3v) is 6.17. The molecule has 146 valence electrons. The predicted octanol–water partition coefficient (Wildman–Crippen LogP) is 3.39. The van der Waals surface area contributed by atoms with E-state index in [1.54, 1.807) is 27.7 Å². The number of hydrogen-bond acceptors (Lipinski definition) is 2. The molecule has 1 aromatic carbocycles. The van der Waals surface area contributed by atoms with Crippen LogP contribution in [0.1, 0.15) is 41.9 Å². The number of benzene rings is 1. The number of rotatable bonds is 3. The monoisotopic (exact) mass is 384 g/mol. The summed E-state index contributed by atoms with van der Waals surface area (Å²) in [5.74, 6) is 0. The molecule has 0 atom stereocenters. The molecule has 2 aliphatic rings. The van der Waals surface area contributed by atoms with Crippen molar-refractivity contribution in [3.63, 3.8) is 0 Å². The molecule has 3 heterocycles. The van der Waals surface area contributed by atoms with E-state index in [1.165, 1.54) is 0 Å². The Morgan fingerprint density at radius 2 is 1.64 bits per heavy atom. The molecule has 28 heavy (non-hydrogen) atoms. The zero-order valence-electron chi connectivity index (χ0n) is 16.4. The van der Waals surface area contributed by atoms with E-state index in [4.69, 9.17) is 0 Å². The number of halogens is 2. The first-order valence-electron chi connectivity index (χ1n) is 9.35. The molecule has 0 saturated heterocycles. The third-order valence-electron chi connectivity index (χ3n) is 6.17. The van der Waals surface area contributed by atoms with Gasteiger partial charge in [-0.1, -0.05) is 30.3 Å². The second-order valence-electron chi connectivity index (χ2n) is 7.46. The Morgan fingerprint density at radius 1 is 1.00 bits per heavy atom. The lowest BCUT2D eigenvalue weighted by Crippen LogP contribution is -2.51. The van der Waals surface area contributed by atoms with Gasteiger partial charge in [0.2, 0.25) is 0 Å². The van der Waals surface area contributed by atoms with E-state index in [0.29, 0.717) is 50.6 Å². The summed E-state index contributed by atoms with van der Waals surface area (Å²) in [6.45, 7) is 2.08. The van der Waals surface area contributed by atoms with Crippen LogP contribution in [0, 0.1) is 13.8 Å². The fourth-order valence-electron chi connectivity index (χ4n) is 4.78. The van der Waals surface area contributed by atoms with Crippen molar-refractivity contribution in [2.45, 2.75) is 34.3 Å². The van der Waals surface area contributed by atoms with Gasteiger partial charge in [-0.15, -0.1) is 0 Å². The van der Waals surface area contributed by atoms with Crippen LogP contribution in [0.4, 0.5) is 8.63 Å². The molecular formula is C21H23BF2N2O2. The minimum atomic E-state index is -4.17. The van der Waals surface area contributed by atoms with Crippen LogP contribution < -0.4 is 0 Å². The van der Waals surface area contributed by atoms with Crippen LogP contribution in [0.15, 0.2) is 47.2 Å². The highest BCUT2D eigenvalue weighted by Crippen LogP contribution is 2.46. The third kappa shape index (κ3) is 2.20. The maximum Gasteiger partial charge on any atom is 0.737 e. The first-order chi connectivity index (χ1) is 13.3. The van der Waals surface area contributed by atoms with E-state index < -0.39 is 6.97 Å². The fraction of sp³-hybridized carbons (Fsp3) is 0.286. The molecule has 0 bridgehead atoms. The number of aliphatic hydroxyl groups is 2. The minimum absolute atomic E-state index is 0.291. The van der Waals surface area contributed by atoms with Crippen molar-refractivity contribution in [3.8, 4) is 0 Å². The van der Waals surface area contributed by atoms with Gasteiger partial charge < -0.3 is 27.8 Å². The Kier molecular flexibility index (Phi) is 4.21. The maximum absolute atomic E-state index is 15.9. The van der Waals surface area contributed by atoms with Gasteiger partial charge in [-0.3, -0.25) is 0 Å². The highest BCUT2D eigenvalue weighted by atomic mass is 19.2. The molecule has 0 saturated carbocycles. The number of fused-ring (bicyclic) bond motifs is 2. The van der Waals surface area contributed by atoms with Gasteiger partial charge in [-0.25, -0.2) is 0 Å². The van der Waals surface area contributed by atoms with E-state index in [-0.39, 0.29) is 13.2 Å². The smallest absolute Gasteiger partial charge is 0.393 e. The summed E-state index contributed by atoms with van der Waals surface area (Å²) >= 11 is 0. The molecule has 0 aliphatic carbocycles. The van der Waals surface area contributed by atoms with Crippen molar-refractivity contribution < 1.29 is 23.3 Å². The van der Waals surface area contributed by atoms with Crippen LogP contribution in [0.2, 0.25) is 0 Å². The summed E-state index contributed by atoms with van der Waals surface area (Å²) < 4.78 is 33.9. The summed E-state index contributed by atoms with van der Waals surface area (Å²) in [5.41, 5.74) is 5.55. The number of hydrogen-bond donors (Lipinski definition) is 2. The summed E-state index contributed by atoms with van der Waals surface area (Å²) in [6, 6.07) is 9.46. The van der Waals surface area contributed by atoms with Gasteiger partial charge in [0.15, 0.2) is 5.70 Å². The van der Waals surface area contributed by atoms with Crippen LogP contribution in [0.3, 0.4) is 0 Å². The molecule has 7 heteroatoms. The Labute approximate surface area is 162 Å². The second kappa shape index (κ2) is 6.25. The Hall–Kier alpha value is -2.51. The molecule has 2 aliphatic heterocycles. The second-order valence-corrected chi connectivity index (χ2v) is 7.46. The number of aromatic nitrogens is 1. The predicted molar refractivity (Wildman–Crippen MR) is 106 cm³/mol. The normalized spacial score (nSPS) is 18.1. The highest BCUT2D eigenvalue weighted by Gasteiger charge is 2.56. The van der Waals surface area contributed by atoms with Crippen LogP contribution in [0.25, 0.3) is 5.57 Å². The van der Waals surface area contributed by atoms with Gasteiger partial charge in [-0.2, -0.15) is 0 Å². The molecule has 2 N–H and O–H groups in total. The zero-order chi connectivity index (χ0) is 20.4. The summed E-state index contributed by atoms with van der Waals surface area (Å²) in [5, 5.41) is 19.7. The summed E-state index contributed by atoms with van der Waals surface area (Å²) in [6.07, 6.45) is 0. The maximum atomic E-state index is 15.9. The first kappa shape index (κ1) is 18.8. The van der Waals surface area contributed by atoms with Crippen molar-refractivity contribution in [3.05, 3.63) is 75.3 Å². The molecular weight excluding hydrogens is 361 g/mol. The molecule has 0 amide bonds. The molecule has 4 nitrogen and oxygen atoms in total. The average molecular weight is 384 g/mol. The van der Waals surface area contributed by atoms with Crippen LogP contribution >= 0.6 is 0 Å². The minimum Gasteiger partial charge on any atom is -0.393 e. The van der Waals surface area contributed by atoms with E-state index in [9.17, 15) is 10.2 Å². The largest absolute Gasteiger partial charge is 0.737 e. The van der Waals surface area contributed by atoms with Crippen LogP contribution in [-0.2, 0) is 6.61 Å². The molecule has 4 rings (SSSR count). The van der Waals surface area contributed by atoms with Crippen LogP contribution in [-0.4, -0.2) is 38.5 Å². The molecule has 0 fully saturated rings. The van der Waals surface area contributed by atoms with Gasteiger partial charge in [0.1, 0.15) is 5.71 Å². The van der Waals surface area contributed by atoms with Gasteiger partial charge in [0.25, 0.3) is 0 Å². The highest BCUT2D eigenvalue weighted by molar-refractivity contribution is 6.58. The average Bonchev–Trinajstić information content (AvgIpc) is 3.07. The van der Waals surface area contributed by atoms with Gasteiger partial charge in [-0.05, 0) is 43.2 Å². The summed E-state index contributed by atoms with van der Waals surface area (Å²) in [4.78, 5) is 0. The Morgan fingerprint density at radius 3 is 2.21 bits per heavy atom. The van der Waals surface area contributed by atoms with Crippen LogP contribution in [0.5, 0.6) is 0 Å². The molecule has 0 spiro atoms. The number of nitrogens with zero attached hydrogens (tertiary/aromatic N) is 2. The Balaban J connectivity index is 2.23. The van der Waals surface area contributed by atoms with Crippen molar-refractivity contribution in [1.82, 2.24) is 4.48 Å². The van der Waals surface area contributed by atoms with Crippen molar-refractivity contribution in [1.29, 1.82) is 0 Å².